The standard InChI is InChI=1S/C11H10O3/c12-10-8-4-2-1-3-7(8)5-6-9(10)11(13)14/h1-4,9H,5-6H2,(H,13,14). The van der Waals surface area contributed by atoms with Crippen molar-refractivity contribution in [2.45, 2.75) is 12.8 Å². The Morgan fingerprint density at radius 2 is 2.07 bits per heavy atom. The normalized spacial score (nSPS) is 20.3. The molecule has 0 radical (unpaired) electrons. The fraction of sp³-hybridized carbons (Fsp3) is 0.273. The number of carboxylic acids is 1. The number of hydrogen-bond acceptors (Lipinski definition) is 2. The molecule has 0 fully saturated rings. The van der Waals surface area contributed by atoms with E-state index in [1.807, 2.05) is 12.1 Å². The van der Waals surface area contributed by atoms with Gasteiger partial charge in [-0.15, -0.1) is 0 Å². The molecule has 0 saturated carbocycles. The zero-order valence-corrected chi connectivity index (χ0v) is 7.56. The molecule has 0 aliphatic heterocycles. The summed E-state index contributed by atoms with van der Waals surface area (Å²) >= 11 is 0. The van der Waals surface area contributed by atoms with Crippen molar-refractivity contribution < 1.29 is 14.7 Å². The summed E-state index contributed by atoms with van der Waals surface area (Å²) in [7, 11) is 0. The maximum Gasteiger partial charge on any atom is 0.314 e. The summed E-state index contributed by atoms with van der Waals surface area (Å²) in [5.74, 6) is -2.10. The Labute approximate surface area is 81.4 Å². The minimum atomic E-state index is -1.01. The first kappa shape index (κ1) is 8.94. The SMILES string of the molecule is O=C(O)C1CCc2ccccc2C1=O. The van der Waals surface area contributed by atoms with E-state index < -0.39 is 11.9 Å². The van der Waals surface area contributed by atoms with E-state index in [4.69, 9.17) is 5.11 Å². The van der Waals surface area contributed by atoms with Crippen LogP contribution in [0.25, 0.3) is 0 Å². The molecule has 1 aromatic rings. The lowest BCUT2D eigenvalue weighted by Crippen LogP contribution is -2.29. The molecule has 0 heterocycles. The highest BCUT2D eigenvalue weighted by Gasteiger charge is 2.32. The van der Waals surface area contributed by atoms with E-state index in [2.05, 4.69) is 0 Å². The fourth-order valence-corrected chi connectivity index (χ4v) is 1.83. The smallest absolute Gasteiger partial charge is 0.314 e. The van der Waals surface area contributed by atoms with Crippen LogP contribution in [-0.2, 0) is 11.2 Å². The third-order valence-corrected chi connectivity index (χ3v) is 2.60. The molecule has 14 heavy (non-hydrogen) atoms. The van der Waals surface area contributed by atoms with Gasteiger partial charge in [-0.1, -0.05) is 24.3 Å². The second-order valence-corrected chi connectivity index (χ2v) is 3.45. The first-order valence-corrected chi connectivity index (χ1v) is 4.55. The number of aliphatic carboxylic acids is 1. The number of benzene rings is 1. The molecule has 72 valence electrons. The van der Waals surface area contributed by atoms with Crippen LogP contribution < -0.4 is 0 Å². The topological polar surface area (TPSA) is 54.4 Å². The molecular weight excluding hydrogens is 180 g/mol. The summed E-state index contributed by atoms with van der Waals surface area (Å²) in [4.78, 5) is 22.4. The van der Waals surface area contributed by atoms with E-state index in [-0.39, 0.29) is 5.78 Å². The Bertz CT molecular complexity index is 395. The highest BCUT2D eigenvalue weighted by atomic mass is 16.4. The van der Waals surface area contributed by atoms with Gasteiger partial charge in [0.25, 0.3) is 0 Å². The Kier molecular flexibility index (Phi) is 2.08. The second kappa shape index (κ2) is 3.25. The number of ketones is 1. The van der Waals surface area contributed by atoms with Crippen LogP contribution in [0.5, 0.6) is 0 Å². The van der Waals surface area contributed by atoms with Gasteiger partial charge in [0, 0.05) is 5.56 Å². The monoisotopic (exact) mass is 190 g/mol. The number of fused-ring (bicyclic) bond motifs is 1. The molecule has 2 rings (SSSR count). The quantitative estimate of drug-likeness (QED) is 0.683. The van der Waals surface area contributed by atoms with Gasteiger partial charge in [0.2, 0.25) is 0 Å². The van der Waals surface area contributed by atoms with E-state index in [1.165, 1.54) is 0 Å². The molecule has 1 N–H and O–H groups in total. The highest BCUT2D eigenvalue weighted by Crippen LogP contribution is 2.25. The summed E-state index contributed by atoms with van der Waals surface area (Å²) < 4.78 is 0. The summed E-state index contributed by atoms with van der Waals surface area (Å²) in [5.41, 5.74) is 1.54. The van der Waals surface area contributed by atoms with E-state index in [0.717, 1.165) is 5.56 Å². The van der Waals surface area contributed by atoms with Gasteiger partial charge in [0.05, 0.1) is 0 Å². The van der Waals surface area contributed by atoms with Crippen LogP contribution >= 0.6 is 0 Å². The van der Waals surface area contributed by atoms with E-state index in [1.54, 1.807) is 12.1 Å². The summed E-state index contributed by atoms with van der Waals surface area (Å²) in [5, 5.41) is 8.81. The molecule has 1 unspecified atom stereocenters. The van der Waals surface area contributed by atoms with Gasteiger partial charge in [-0.2, -0.15) is 0 Å². The van der Waals surface area contributed by atoms with Crippen LogP contribution in [0.4, 0.5) is 0 Å². The van der Waals surface area contributed by atoms with Crippen molar-refractivity contribution in [1.29, 1.82) is 0 Å². The van der Waals surface area contributed by atoms with Crippen LogP contribution in [0.15, 0.2) is 24.3 Å². The van der Waals surface area contributed by atoms with Crippen molar-refractivity contribution in [1.82, 2.24) is 0 Å². The van der Waals surface area contributed by atoms with Crippen molar-refractivity contribution in [3.63, 3.8) is 0 Å². The van der Waals surface area contributed by atoms with Gasteiger partial charge in [-0.25, -0.2) is 0 Å². The predicted octanol–water partition coefficient (Wildman–Crippen LogP) is 1.52. The van der Waals surface area contributed by atoms with Crippen LogP contribution in [0.3, 0.4) is 0 Å². The molecular formula is C11H10O3. The largest absolute Gasteiger partial charge is 0.481 e. The minimum Gasteiger partial charge on any atom is -0.481 e. The first-order chi connectivity index (χ1) is 6.70. The molecule has 1 aliphatic rings. The van der Waals surface area contributed by atoms with Crippen LogP contribution in [-0.4, -0.2) is 16.9 Å². The van der Waals surface area contributed by atoms with Crippen LogP contribution in [0.2, 0.25) is 0 Å². The average Bonchev–Trinajstić information content (AvgIpc) is 2.18. The van der Waals surface area contributed by atoms with Crippen molar-refractivity contribution in [2.75, 3.05) is 0 Å². The number of hydrogen-bond donors (Lipinski definition) is 1. The molecule has 3 nitrogen and oxygen atoms in total. The molecule has 0 amide bonds. The van der Waals surface area contributed by atoms with Crippen molar-refractivity contribution in [3.05, 3.63) is 35.4 Å². The van der Waals surface area contributed by atoms with E-state index in [0.29, 0.717) is 18.4 Å². The minimum absolute atomic E-state index is 0.251. The van der Waals surface area contributed by atoms with Gasteiger partial charge in [0.15, 0.2) is 5.78 Å². The lowest BCUT2D eigenvalue weighted by molar-refractivity contribution is -0.140. The third-order valence-electron chi connectivity index (χ3n) is 2.60. The maximum atomic E-state index is 11.7. The number of rotatable bonds is 1. The number of aryl methyl sites for hydroxylation is 1. The fourth-order valence-electron chi connectivity index (χ4n) is 1.83. The Hall–Kier alpha value is -1.64. The van der Waals surface area contributed by atoms with Gasteiger partial charge in [0.1, 0.15) is 5.92 Å². The number of carbonyl (C=O) groups excluding carboxylic acids is 1. The average molecular weight is 190 g/mol. The zero-order valence-electron chi connectivity index (χ0n) is 7.56. The third kappa shape index (κ3) is 1.31. The molecule has 0 saturated heterocycles. The molecule has 0 spiro atoms. The van der Waals surface area contributed by atoms with Crippen LogP contribution in [0, 0.1) is 5.92 Å². The number of carbonyl (C=O) groups is 2. The highest BCUT2D eigenvalue weighted by molar-refractivity contribution is 6.09. The molecule has 1 aromatic carbocycles. The molecule has 0 bridgehead atoms. The first-order valence-electron chi connectivity index (χ1n) is 4.55. The van der Waals surface area contributed by atoms with E-state index in [9.17, 15) is 9.59 Å². The van der Waals surface area contributed by atoms with E-state index >= 15 is 0 Å². The van der Waals surface area contributed by atoms with Gasteiger partial charge < -0.3 is 5.11 Å². The maximum absolute atomic E-state index is 11.7. The van der Waals surface area contributed by atoms with Crippen molar-refractivity contribution in [3.8, 4) is 0 Å². The predicted molar refractivity (Wildman–Crippen MR) is 50.2 cm³/mol. The van der Waals surface area contributed by atoms with Crippen molar-refractivity contribution >= 4 is 11.8 Å². The second-order valence-electron chi connectivity index (χ2n) is 3.45. The molecule has 1 aliphatic carbocycles. The number of carboxylic acid groups (broad SMARTS) is 1. The zero-order chi connectivity index (χ0) is 10.1. The Morgan fingerprint density at radius 1 is 1.36 bits per heavy atom. The van der Waals surface area contributed by atoms with Gasteiger partial charge >= 0.3 is 5.97 Å². The Balaban J connectivity index is 2.41. The van der Waals surface area contributed by atoms with Crippen molar-refractivity contribution in [2.24, 2.45) is 5.92 Å². The molecule has 3 heteroatoms. The summed E-state index contributed by atoms with van der Waals surface area (Å²) in [6, 6.07) is 7.21. The Morgan fingerprint density at radius 3 is 2.79 bits per heavy atom. The van der Waals surface area contributed by atoms with Crippen LogP contribution in [0.1, 0.15) is 22.3 Å². The lowest BCUT2D eigenvalue weighted by Gasteiger charge is -2.19. The summed E-state index contributed by atoms with van der Waals surface area (Å²) in [6.45, 7) is 0. The van der Waals surface area contributed by atoms with Gasteiger partial charge in [-0.3, -0.25) is 9.59 Å². The lowest BCUT2D eigenvalue weighted by atomic mass is 9.83. The molecule has 1 atom stereocenters. The summed E-state index contributed by atoms with van der Waals surface area (Å²) in [6.07, 6.45) is 1.10. The van der Waals surface area contributed by atoms with Gasteiger partial charge in [-0.05, 0) is 18.4 Å². The number of Topliss-reactive ketones (excluding diaryl/α,β-unsaturated/α-hetero) is 1. The molecule has 0 aromatic heterocycles.